The van der Waals surface area contributed by atoms with E-state index in [1.807, 2.05) is 0 Å². The zero-order valence-corrected chi connectivity index (χ0v) is 8.44. The third kappa shape index (κ3) is 2.17. The van der Waals surface area contributed by atoms with Crippen LogP contribution >= 0.6 is 15.9 Å². The Bertz CT molecular complexity index is 436. The molecular weight excluding hydrogens is 258 g/mol. The Morgan fingerprint density at radius 3 is 2.79 bits per heavy atom. The number of H-pyrrole nitrogens is 1. The summed E-state index contributed by atoms with van der Waals surface area (Å²) in [6.07, 6.45) is -2.92. The summed E-state index contributed by atoms with van der Waals surface area (Å²) in [5.74, 6) is 0. The molecule has 0 atom stereocenters. The van der Waals surface area contributed by atoms with E-state index in [9.17, 15) is 13.6 Å². The second-order valence-corrected chi connectivity index (χ2v) is 3.32. The summed E-state index contributed by atoms with van der Waals surface area (Å²) in [5, 5.41) is 8.39. The van der Waals surface area contributed by atoms with E-state index in [-0.39, 0.29) is 22.2 Å². The maximum atomic E-state index is 12.5. The van der Waals surface area contributed by atoms with Crippen LogP contribution in [-0.2, 0) is 6.42 Å². The molecule has 0 aliphatic rings. The van der Waals surface area contributed by atoms with Gasteiger partial charge >= 0.3 is 0 Å². The van der Waals surface area contributed by atoms with Gasteiger partial charge in [-0.25, -0.2) is 8.78 Å². The lowest BCUT2D eigenvalue weighted by molar-refractivity contribution is 0.149. The molecular formula is C8H5BrF2N2O. The van der Waals surface area contributed by atoms with Gasteiger partial charge in [-0.2, -0.15) is 5.26 Å². The Balaban J connectivity index is 3.38. The van der Waals surface area contributed by atoms with Crippen LogP contribution in [0.2, 0.25) is 0 Å². The Morgan fingerprint density at radius 1 is 1.64 bits per heavy atom. The fourth-order valence-corrected chi connectivity index (χ4v) is 1.68. The fraction of sp³-hybridized carbons (Fsp3) is 0.250. The van der Waals surface area contributed by atoms with Crippen molar-refractivity contribution in [1.82, 2.24) is 4.98 Å². The number of rotatable bonds is 2. The van der Waals surface area contributed by atoms with Crippen LogP contribution in [0.5, 0.6) is 0 Å². The van der Waals surface area contributed by atoms with Gasteiger partial charge in [0.05, 0.1) is 22.7 Å². The third-order valence-electron chi connectivity index (χ3n) is 1.61. The van der Waals surface area contributed by atoms with Crippen LogP contribution in [0.1, 0.15) is 17.6 Å². The highest BCUT2D eigenvalue weighted by Gasteiger charge is 2.17. The monoisotopic (exact) mass is 262 g/mol. The average molecular weight is 263 g/mol. The Kier molecular flexibility index (Phi) is 3.36. The van der Waals surface area contributed by atoms with E-state index in [0.717, 1.165) is 6.07 Å². The minimum Gasteiger partial charge on any atom is -0.316 e. The number of alkyl halides is 2. The van der Waals surface area contributed by atoms with E-state index >= 15 is 0 Å². The van der Waals surface area contributed by atoms with E-state index in [1.54, 1.807) is 6.07 Å². The topological polar surface area (TPSA) is 56.6 Å². The highest BCUT2D eigenvalue weighted by atomic mass is 79.9. The van der Waals surface area contributed by atoms with Gasteiger partial charge in [0.2, 0.25) is 5.56 Å². The van der Waals surface area contributed by atoms with E-state index in [1.165, 1.54) is 0 Å². The maximum Gasteiger partial charge on any atom is 0.266 e. The Morgan fingerprint density at radius 2 is 2.29 bits per heavy atom. The average Bonchev–Trinajstić information content (AvgIpc) is 2.01. The first-order chi connectivity index (χ1) is 6.56. The van der Waals surface area contributed by atoms with Gasteiger partial charge in [0, 0.05) is 6.07 Å². The molecule has 1 heterocycles. The van der Waals surface area contributed by atoms with Crippen molar-refractivity contribution >= 4 is 15.9 Å². The summed E-state index contributed by atoms with van der Waals surface area (Å²) in [6.45, 7) is 0. The number of halogens is 3. The zero-order chi connectivity index (χ0) is 10.7. The predicted molar refractivity (Wildman–Crippen MR) is 49.0 cm³/mol. The molecule has 14 heavy (non-hydrogen) atoms. The summed E-state index contributed by atoms with van der Waals surface area (Å²) in [6, 6.07) is 2.74. The van der Waals surface area contributed by atoms with Crippen molar-refractivity contribution in [3.8, 4) is 6.07 Å². The molecule has 0 saturated heterocycles. The lowest BCUT2D eigenvalue weighted by Gasteiger charge is -2.06. The second kappa shape index (κ2) is 4.33. The number of hydrogen-bond acceptors (Lipinski definition) is 2. The normalized spacial score (nSPS) is 10.2. The van der Waals surface area contributed by atoms with Gasteiger partial charge in [0.15, 0.2) is 0 Å². The highest BCUT2D eigenvalue weighted by Crippen LogP contribution is 2.28. The van der Waals surface area contributed by atoms with Gasteiger partial charge in [-0.05, 0) is 21.5 Å². The van der Waals surface area contributed by atoms with Crippen molar-refractivity contribution < 1.29 is 8.78 Å². The van der Waals surface area contributed by atoms with Crippen molar-refractivity contribution in [2.75, 3.05) is 0 Å². The minimum atomic E-state index is -2.72. The predicted octanol–water partition coefficient (Wildman–Crippen LogP) is 2.14. The molecule has 0 fully saturated rings. The molecule has 0 aromatic carbocycles. The number of nitrogens with zero attached hydrogens (tertiary/aromatic N) is 1. The van der Waals surface area contributed by atoms with Gasteiger partial charge in [-0.3, -0.25) is 4.79 Å². The first-order valence-electron chi connectivity index (χ1n) is 3.63. The van der Waals surface area contributed by atoms with Gasteiger partial charge in [-0.15, -0.1) is 0 Å². The molecule has 1 rings (SSSR count). The molecule has 0 unspecified atom stereocenters. The van der Waals surface area contributed by atoms with Crippen LogP contribution in [0.4, 0.5) is 8.78 Å². The summed E-state index contributed by atoms with van der Waals surface area (Å²) >= 11 is 2.82. The maximum absolute atomic E-state index is 12.5. The molecule has 1 aromatic heterocycles. The first kappa shape index (κ1) is 10.9. The lowest BCUT2D eigenvalue weighted by Crippen LogP contribution is -2.10. The molecule has 0 spiro atoms. The molecule has 1 aromatic rings. The van der Waals surface area contributed by atoms with E-state index in [0.29, 0.717) is 0 Å². The largest absolute Gasteiger partial charge is 0.316 e. The van der Waals surface area contributed by atoms with Crippen molar-refractivity contribution in [2.24, 2.45) is 0 Å². The van der Waals surface area contributed by atoms with Gasteiger partial charge in [-0.1, -0.05) is 0 Å². The molecule has 1 N–H and O–H groups in total. The molecule has 0 saturated carbocycles. The van der Waals surface area contributed by atoms with Gasteiger partial charge in [0.1, 0.15) is 0 Å². The molecule has 74 valence electrons. The van der Waals surface area contributed by atoms with Crippen LogP contribution in [0, 0.1) is 11.3 Å². The zero-order valence-electron chi connectivity index (χ0n) is 6.85. The van der Waals surface area contributed by atoms with E-state index in [4.69, 9.17) is 5.26 Å². The summed E-state index contributed by atoms with van der Waals surface area (Å²) in [7, 11) is 0. The number of pyridine rings is 1. The van der Waals surface area contributed by atoms with Gasteiger partial charge < -0.3 is 4.98 Å². The highest BCUT2D eigenvalue weighted by molar-refractivity contribution is 9.10. The Labute approximate surface area is 86.5 Å². The standard InChI is InChI=1S/C8H5BrF2N2O/c9-7-6(8(10)11)4(1-2-12)3-5(14)13-7/h3,8H,1H2,(H,13,14). The van der Waals surface area contributed by atoms with Gasteiger partial charge in [0.25, 0.3) is 6.43 Å². The van der Waals surface area contributed by atoms with Crippen molar-refractivity contribution in [3.63, 3.8) is 0 Å². The molecule has 0 bridgehead atoms. The second-order valence-electron chi connectivity index (χ2n) is 2.52. The van der Waals surface area contributed by atoms with Crippen molar-refractivity contribution in [1.29, 1.82) is 5.26 Å². The molecule has 0 aliphatic heterocycles. The fourth-order valence-electron chi connectivity index (χ4n) is 1.06. The van der Waals surface area contributed by atoms with Crippen LogP contribution in [0.25, 0.3) is 0 Å². The molecule has 6 heteroatoms. The van der Waals surface area contributed by atoms with Crippen LogP contribution < -0.4 is 5.56 Å². The minimum absolute atomic E-state index is 0.0538. The number of aromatic amines is 1. The van der Waals surface area contributed by atoms with E-state index < -0.39 is 12.0 Å². The van der Waals surface area contributed by atoms with Crippen LogP contribution in [-0.4, -0.2) is 4.98 Å². The summed E-state index contributed by atoms with van der Waals surface area (Å²) in [5.41, 5.74) is -0.782. The Hall–Kier alpha value is -1.22. The van der Waals surface area contributed by atoms with Crippen LogP contribution in [0.15, 0.2) is 15.5 Å². The molecule has 3 nitrogen and oxygen atoms in total. The van der Waals surface area contributed by atoms with Crippen molar-refractivity contribution in [2.45, 2.75) is 12.8 Å². The first-order valence-corrected chi connectivity index (χ1v) is 4.42. The van der Waals surface area contributed by atoms with E-state index in [2.05, 4.69) is 20.9 Å². The smallest absolute Gasteiger partial charge is 0.266 e. The molecule has 0 radical (unpaired) electrons. The number of hydrogen-bond donors (Lipinski definition) is 1. The molecule has 0 amide bonds. The van der Waals surface area contributed by atoms with Crippen molar-refractivity contribution in [3.05, 3.63) is 32.2 Å². The summed E-state index contributed by atoms with van der Waals surface area (Å²) in [4.78, 5) is 13.1. The summed E-state index contributed by atoms with van der Waals surface area (Å²) < 4.78 is 24.9. The SMILES string of the molecule is N#CCc1cc(=O)[nH]c(Br)c1C(F)F. The number of nitrogens with one attached hydrogen (secondary N) is 1. The number of aromatic nitrogens is 1. The molecule has 0 aliphatic carbocycles. The quantitative estimate of drug-likeness (QED) is 0.831. The third-order valence-corrected chi connectivity index (χ3v) is 2.23. The lowest BCUT2D eigenvalue weighted by atomic mass is 10.1. The number of nitriles is 1. The van der Waals surface area contributed by atoms with Crippen LogP contribution in [0.3, 0.4) is 0 Å².